The van der Waals surface area contributed by atoms with E-state index in [0.29, 0.717) is 0 Å². The first-order chi connectivity index (χ1) is 34.2. The molecule has 0 saturated heterocycles. The number of nitrogens with zero attached hydrogens (tertiary/aromatic N) is 3. The lowest BCUT2D eigenvalue weighted by molar-refractivity contribution is 0.669. The van der Waals surface area contributed by atoms with Gasteiger partial charge in [0.1, 0.15) is 17.0 Å². The Morgan fingerprint density at radius 3 is 1.91 bits per heavy atom. The quantitative estimate of drug-likeness (QED) is 0.160. The van der Waals surface area contributed by atoms with Crippen molar-refractivity contribution in [2.75, 3.05) is 0 Å². The fraction of sp³-hybridized carbons (Fsp3) is 0.0769. The maximum atomic E-state index is 6.72. The number of fused-ring (bicyclic) bond motifs is 8. The molecule has 0 spiro atoms. The second-order valence-corrected chi connectivity index (χ2v) is 18.7. The Morgan fingerprint density at radius 1 is 0.493 bits per heavy atom. The summed E-state index contributed by atoms with van der Waals surface area (Å²) < 4.78 is 9.12. The van der Waals surface area contributed by atoms with E-state index in [1.165, 1.54) is 83.0 Å². The van der Waals surface area contributed by atoms with E-state index in [1.54, 1.807) is 0 Å². The van der Waals surface area contributed by atoms with Crippen LogP contribution in [-0.2, 0) is 6.42 Å². The first-order valence-electron chi connectivity index (χ1n) is 24.2. The molecule has 0 saturated carbocycles. The molecule has 3 aliphatic carbocycles. The summed E-state index contributed by atoms with van der Waals surface area (Å²) in [6.07, 6.45) is 12.8. The third-order valence-electron chi connectivity index (χ3n) is 14.7. The minimum Gasteiger partial charge on any atom is -0.455 e. The number of furan rings is 1. The van der Waals surface area contributed by atoms with Crippen LogP contribution < -0.4 is 0 Å². The van der Waals surface area contributed by atoms with Crippen LogP contribution >= 0.6 is 0 Å². The molecule has 1 unspecified atom stereocenters. The van der Waals surface area contributed by atoms with E-state index in [0.717, 1.165) is 76.1 Å². The first-order valence-corrected chi connectivity index (χ1v) is 24.2. The lowest BCUT2D eigenvalue weighted by atomic mass is 9.88. The molecule has 8 aromatic carbocycles. The van der Waals surface area contributed by atoms with Gasteiger partial charge in [-0.2, -0.15) is 0 Å². The molecule has 11 aromatic rings. The van der Waals surface area contributed by atoms with E-state index in [1.807, 2.05) is 6.07 Å². The van der Waals surface area contributed by atoms with E-state index in [9.17, 15) is 0 Å². The molecule has 4 nitrogen and oxygen atoms in total. The van der Waals surface area contributed by atoms with Gasteiger partial charge in [0.25, 0.3) is 0 Å². The summed E-state index contributed by atoms with van der Waals surface area (Å²) in [6, 6.07) is 69.9. The molecule has 0 fully saturated rings. The van der Waals surface area contributed by atoms with Crippen molar-refractivity contribution in [3.63, 3.8) is 0 Å². The van der Waals surface area contributed by atoms with E-state index in [-0.39, 0.29) is 5.92 Å². The van der Waals surface area contributed by atoms with Gasteiger partial charge < -0.3 is 8.98 Å². The molecule has 326 valence electrons. The molecule has 0 aliphatic heterocycles. The summed E-state index contributed by atoms with van der Waals surface area (Å²) in [5, 5.41) is 4.70. The highest BCUT2D eigenvalue weighted by Crippen LogP contribution is 2.48. The van der Waals surface area contributed by atoms with Gasteiger partial charge in [0, 0.05) is 49.9 Å². The number of hydrogen-bond acceptors (Lipinski definition) is 3. The average Bonchev–Trinajstić information content (AvgIpc) is 4.10. The third kappa shape index (κ3) is 6.66. The molecule has 0 bridgehead atoms. The van der Waals surface area contributed by atoms with Crippen molar-refractivity contribution < 1.29 is 4.42 Å². The largest absolute Gasteiger partial charge is 0.455 e. The van der Waals surface area contributed by atoms with Gasteiger partial charge in [-0.15, -0.1) is 0 Å². The predicted molar refractivity (Wildman–Crippen MR) is 285 cm³/mol. The molecule has 3 aromatic heterocycles. The smallest absolute Gasteiger partial charge is 0.144 e. The van der Waals surface area contributed by atoms with Crippen LogP contribution in [0.1, 0.15) is 53.4 Å². The highest BCUT2D eigenvalue weighted by atomic mass is 16.3. The second-order valence-electron chi connectivity index (χ2n) is 18.7. The molecule has 0 radical (unpaired) electrons. The molecular formula is C65H45N3O. The fourth-order valence-corrected chi connectivity index (χ4v) is 11.3. The molecule has 4 heteroatoms. The van der Waals surface area contributed by atoms with Gasteiger partial charge in [-0.1, -0.05) is 163 Å². The second kappa shape index (κ2) is 16.0. The Bertz CT molecular complexity index is 4000. The molecule has 1 atom stereocenters. The average molecular weight is 884 g/mol. The monoisotopic (exact) mass is 883 g/mol. The minimum absolute atomic E-state index is 0.0331. The van der Waals surface area contributed by atoms with Crippen LogP contribution in [0.2, 0.25) is 0 Å². The first kappa shape index (κ1) is 39.6. The Labute approximate surface area is 400 Å². The van der Waals surface area contributed by atoms with Gasteiger partial charge in [0.15, 0.2) is 0 Å². The number of para-hydroxylation sites is 3. The summed E-state index contributed by atoms with van der Waals surface area (Å²) >= 11 is 0. The Balaban J connectivity index is 0.886. The van der Waals surface area contributed by atoms with Crippen molar-refractivity contribution >= 4 is 60.5 Å². The highest BCUT2D eigenvalue weighted by molar-refractivity contribution is 6.12. The van der Waals surface area contributed by atoms with Gasteiger partial charge in [-0.3, -0.25) is 0 Å². The van der Waals surface area contributed by atoms with Crippen molar-refractivity contribution in [2.45, 2.75) is 31.6 Å². The number of rotatable bonds is 7. The lowest BCUT2D eigenvalue weighted by Gasteiger charge is -2.21. The van der Waals surface area contributed by atoms with Crippen molar-refractivity contribution in [3.05, 3.63) is 252 Å². The zero-order chi connectivity index (χ0) is 45.4. The zero-order valence-electron chi connectivity index (χ0n) is 37.9. The number of aromatic nitrogens is 3. The summed E-state index contributed by atoms with van der Waals surface area (Å²) in [5.74, 6) is 0.808. The summed E-state index contributed by atoms with van der Waals surface area (Å²) in [4.78, 5) is 11.3. The van der Waals surface area contributed by atoms with Crippen LogP contribution in [0.4, 0.5) is 0 Å². The SMILES string of the molecule is C1=CC(c2nc3c(c(-c4cccc5c4oc4ccccc45)n2)CC2=C3C=C(c3cccc(-c4ccccc4)c3)CC2)CC(c2ccc3c(c2)c2cc(-c4ccccc4)ccc2n3-c2ccccc2)=C1. The molecule has 14 rings (SSSR count). The van der Waals surface area contributed by atoms with Gasteiger partial charge in [0.05, 0.1) is 22.4 Å². The van der Waals surface area contributed by atoms with Crippen molar-refractivity contribution in [1.82, 2.24) is 14.5 Å². The number of allylic oxidation sites excluding steroid dienone is 8. The summed E-state index contributed by atoms with van der Waals surface area (Å²) in [7, 11) is 0. The third-order valence-corrected chi connectivity index (χ3v) is 14.7. The topological polar surface area (TPSA) is 43.9 Å². The number of benzene rings is 8. The van der Waals surface area contributed by atoms with E-state index in [2.05, 4.69) is 217 Å². The van der Waals surface area contributed by atoms with Crippen molar-refractivity contribution in [1.29, 1.82) is 0 Å². The molecule has 0 N–H and O–H groups in total. The number of hydrogen-bond donors (Lipinski definition) is 0. The Kier molecular flexibility index (Phi) is 9.19. The minimum atomic E-state index is -0.0331. The Morgan fingerprint density at radius 2 is 1.12 bits per heavy atom. The van der Waals surface area contributed by atoms with Crippen LogP contribution in [0, 0.1) is 0 Å². The van der Waals surface area contributed by atoms with E-state index >= 15 is 0 Å². The molecule has 3 aliphatic rings. The molecule has 3 heterocycles. The molecular weight excluding hydrogens is 839 g/mol. The molecule has 69 heavy (non-hydrogen) atoms. The van der Waals surface area contributed by atoms with Crippen LogP contribution in [0.25, 0.3) is 99.7 Å². The lowest BCUT2D eigenvalue weighted by Crippen LogP contribution is -2.10. The summed E-state index contributed by atoms with van der Waals surface area (Å²) in [6.45, 7) is 0. The standard InChI is InChI=1S/C65H45N3O/c1-4-15-41(16-5-1)43-19-12-20-44(35-43)47-29-30-49-40-58-62(54-27-14-26-53-52-25-10-11-28-61(52)69-64(53)54)66-65(67-63(58)55(49)37-47)50-22-13-21-45(36-50)48-32-34-60-57(39-48)56-38-46(42-17-6-2-7-18-42)31-33-59(56)68(60)51-23-8-3-9-24-51/h1-28,31-35,37-39,50H,29-30,36,40H2. The Hall–Kier alpha value is -8.60. The predicted octanol–water partition coefficient (Wildman–Crippen LogP) is 16.8. The highest BCUT2D eigenvalue weighted by Gasteiger charge is 2.32. The molecule has 0 amide bonds. The van der Waals surface area contributed by atoms with E-state index < -0.39 is 0 Å². The van der Waals surface area contributed by atoms with E-state index in [4.69, 9.17) is 14.4 Å². The van der Waals surface area contributed by atoms with Crippen molar-refractivity contribution in [2.24, 2.45) is 0 Å². The normalized spacial score (nSPS) is 15.5. The van der Waals surface area contributed by atoms with Crippen LogP contribution in [-0.4, -0.2) is 14.5 Å². The maximum absolute atomic E-state index is 6.72. The van der Waals surface area contributed by atoms with Crippen LogP contribution in [0.5, 0.6) is 0 Å². The van der Waals surface area contributed by atoms with Gasteiger partial charge in [0.2, 0.25) is 0 Å². The van der Waals surface area contributed by atoms with Crippen molar-refractivity contribution in [3.8, 4) is 39.2 Å². The maximum Gasteiger partial charge on any atom is 0.144 e. The van der Waals surface area contributed by atoms with Crippen LogP contribution in [0.15, 0.2) is 228 Å². The zero-order valence-corrected chi connectivity index (χ0v) is 37.9. The fourth-order valence-electron chi connectivity index (χ4n) is 11.3. The van der Waals surface area contributed by atoms with Crippen LogP contribution in [0.3, 0.4) is 0 Å². The van der Waals surface area contributed by atoms with Gasteiger partial charge in [-0.25, -0.2) is 9.97 Å². The van der Waals surface area contributed by atoms with Gasteiger partial charge in [-0.05, 0) is 131 Å². The van der Waals surface area contributed by atoms with Gasteiger partial charge >= 0.3 is 0 Å². The summed E-state index contributed by atoms with van der Waals surface area (Å²) in [5.41, 5.74) is 22.2.